The number of aromatic nitrogens is 2. The molecule has 1 N–H and O–H groups in total. The molecule has 0 radical (unpaired) electrons. The van der Waals surface area contributed by atoms with Gasteiger partial charge in [-0.05, 0) is 128 Å². The smallest absolute Gasteiger partial charge is 0.174 e. The first kappa shape index (κ1) is 25.1. The molecule has 1 saturated carbocycles. The second kappa shape index (κ2) is 10.5. The second-order valence-electron chi connectivity index (χ2n) is 10.1. The minimum Gasteiger partial charge on any atom is -0.490 e. The van der Waals surface area contributed by atoms with E-state index < -0.39 is 0 Å². The number of aryl methyl sites for hydroxylation is 1. The second-order valence-corrected chi connectivity index (χ2v) is 11.4. The van der Waals surface area contributed by atoms with Crippen LogP contribution in [0.4, 0.5) is 5.69 Å². The molecule has 194 valence electrons. The molecule has 2 fully saturated rings. The number of pyridine rings is 1. The molecule has 1 aliphatic heterocycles. The molecule has 0 amide bonds. The van der Waals surface area contributed by atoms with Gasteiger partial charge in [-0.2, -0.15) is 0 Å². The van der Waals surface area contributed by atoms with Crippen LogP contribution >= 0.6 is 28.1 Å². The lowest BCUT2D eigenvalue weighted by Gasteiger charge is -2.28. The van der Waals surface area contributed by atoms with Gasteiger partial charge in [0, 0.05) is 27.7 Å². The Morgan fingerprint density at radius 2 is 1.71 bits per heavy atom. The number of halogens is 1. The Hall–Kier alpha value is -3.16. The van der Waals surface area contributed by atoms with Crippen LogP contribution in [0.2, 0.25) is 0 Å². The van der Waals surface area contributed by atoms with Crippen molar-refractivity contribution in [3.63, 3.8) is 0 Å². The molecule has 0 bridgehead atoms. The zero-order chi connectivity index (χ0) is 26.2. The molecule has 0 unspecified atom stereocenters. The molecule has 38 heavy (non-hydrogen) atoms. The Labute approximate surface area is 238 Å². The van der Waals surface area contributed by atoms with Crippen LogP contribution in [-0.4, -0.2) is 20.8 Å². The topological polar surface area (TPSA) is 42.3 Å². The zero-order valence-electron chi connectivity index (χ0n) is 21.6. The number of thiocarbonyl (C=S) groups is 1. The summed E-state index contributed by atoms with van der Waals surface area (Å²) in [7, 11) is 0. The van der Waals surface area contributed by atoms with Gasteiger partial charge in [0.2, 0.25) is 0 Å². The maximum absolute atomic E-state index is 6.24. The monoisotopic (exact) mass is 586 g/mol. The van der Waals surface area contributed by atoms with Crippen molar-refractivity contribution < 1.29 is 4.74 Å². The number of hydrogen-bond donors (Lipinski definition) is 1. The van der Waals surface area contributed by atoms with Crippen molar-refractivity contribution in [2.45, 2.75) is 57.7 Å². The van der Waals surface area contributed by atoms with Crippen LogP contribution < -0.4 is 15.0 Å². The number of rotatable bonds is 6. The highest BCUT2D eigenvalue weighted by molar-refractivity contribution is 9.10. The van der Waals surface area contributed by atoms with Crippen molar-refractivity contribution in [1.82, 2.24) is 14.9 Å². The standard InChI is InChI=1S/C31H31BrN4OS/c1-20-19-25(21(2)35(20)28-13-6-5-11-26(28)32)30-29(27-12-7-8-18-33-27)34-31(38)36(30)22-14-16-24(17-15-22)37-23-9-3-4-10-23/h5-8,11-19,23,29-30H,3-4,9-10H2,1-2H3,(H,34,38)/t29-,30+/m0/s1. The molecule has 2 aromatic carbocycles. The molecule has 5 nitrogen and oxygen atoms in total. The normalized spacial score (nSPS) is 19.7. The highest BCUT2D eigenvalue weighted by atomic mass is 79.9. The van der Waals surface area contributed by atoms with Crippen molar-refractivity contribution in [2.75, 3.05) is 4.90 Å². The fraction of sp³-hybridized carbons (Fsp3) is 0.290. The lowest BCUT2D eigenvalue weighted by atomic mass is 9.96. The summed E-state index contributed by atoms with van der Waals surface area (Å²) in [6, 6.07) is 24.9. The summed E-state index contributed by atoms with van der Waals surface area (Å²) in [4.78, 5) is 6.95. The molecule has 3 heterocycles. The minimum atomic E-state index is -0.0914. The van der Waals surface area contributed by atoms with Gasteiger partial charge in [0.1, 0.15) is 5.75 Å². The summed E-state index contributed by atoms with van der Waals surface area (Å²) in [5.74, 6) is 0.920. The fourth-order valence-electron chi connectivity index (χ4n) is 5.92. The SMILES string of the molecule is Cc1cc([C@@H]2[C@H](c3ccccn3)NC(=S)N2c2ccc(OC3CCCC3)cc2)c(C)n1-c1ccccc1Br. The van der Waals surface area contributed by atoms with Gasteiger partial charge in [0.05, 0.1) is 29.6 Å². The number of nitrogens with zero attached hydrogens (tertiary/aromatic N) is 3. The molecule has 7 heteroatoms. The van der Waals surface area contributed by atoms with E-state index in [9.17, 15) is 0 Å². The van der Waals surface area contributed by atoms with Crippen LogP contribution in [0.15, 0.2) is 83.5 Å². The van der Waals surface area contributed by atoms with Crippen LogP contribution in [-0.2, 0) is 0 Å². The third kappa shape index (κ3) is 4.63. The van der Waals surface area contributed by atoms with Crippen LogP contribution in [0.25, 0.3) is 5.69 Å². The summed E-state index contributed by atoms with van der Waals surface area (Å²) in [5.41, 5.74) is 6.69. The zero-order valence-corrected chi connectivity index (χ0v) is 24.0. The Bertz CT molecular complexity index is 1450. The first-order chi connectivity index (χ1) is 18.5. The quantitative estimate of drug-likeness (QED) is 0.234. The Balaban J connectivity index is 1.42. The van der Waals surface area contributed by atoms with E-state index in [1.807, 2.05) is 24.4 Å². The fourth-order valence-corrected chi connectivity index (χ4v) is 6.73. The van der Waals surface area contributed by atoms with Gasteiger partial charge in [-0.15, -0.1) is 0 Å². The predicted molar refractivity (Wildman–Crippen MR) is 160 cm³/mol. The van der Waals surface area contributed by atoms with E-state index in [0.717, 1.165) is 40.1 Å². The van der Waals surface area contributed by atoms with Crippen molar-refractivity contribution in [1.29, 1.82) is 0 Å². The van der Waals surface area contributed by atoms with E-state index in [4.69, 9.17) is 21.9 Å². The average molecular weight is 588 g/mol. The number of anilines is 1. The van der Waals surface area contributed by atoms with Crippen LogP contribution in [0.1, 0.15) is 60.4 Å². The molecular formula is C31H31BrN4OS. The van der Waals surface area contributed by atoms with Crippen molar-refractivity contribution in [2.24, 2.45) is 0 Å². The first-order valence-corrected chi connectivity index (χ1v) is 14.4. The van der Waals surface area contributed by atoms with E-state index in [1.165, 1.54) is 29.8 Å². The largest absolute Gasteiger partial charge is 0.490 e. The van der Waals surface area contributed by atoms with Crippen molar-refractivity contribution in [3.8, 4) is 11.4 Å². The van der Waals surface area contributed by atoms with Gasteiger partial charge in [-0.1, -0.05) is 18.2 Å². The van der Waals surface area contributed by atoms with E-state index in [2.05, 4.69) is 99.2 Å². The highest BCUT2D eigenvalue weighted by Gasteiger charge is 2.42. The molecule has 4 aromatic rings. The van der Waals surface area contributed by atoms with E-state index in [1.54, 1.807) is 0 Å². The Morgan fingerprint density at radius 3 is 2.42 bits per heavy atom. The molecular weight excluding hydrogens is 556 g/mol. The third-order valence-electron chi connectivity index (χ3n) is 7.70. The summed E-state index contributed by atoms with van der Waals surface area (Å²) in [5, 5.41) is 4.29. The molecule has 6 rings (SSSR count). The Kier molecular flexibility index (Phi) is 6.97. The molecule has 2 aromatic heterocycles. The number of nitrogens with one attached hydrogen (secondary N) is 1. The van der Waals surface area contributed by atoms with Crippen molar-refractivity contribution >= 4 is 38.9 Å². The van der Waals surface area contributed by atoms with Gasteiger partial charge in [-0.25, -0.2) is 0 Å². The third-order valence-corrected chi connectivity index (χ3v) is 8.69. The minimum absolute atomic E-state index is 0.0681. The molecule has 1 aliphatic carbocycles. The van der Waals surface area contributed by atoms with E-state index in [-0.39, 0.29) is 12.1 Å². The summed E-state index contributed by atoms with van der Waals surface area (Å²) >= 11 is 9.72. The average Bonchev–Trinajstić information content (AvgIpc) is 3.63. The maximum Gasteiger partial charge on any atom is 0.174 e. The van der Waals surface area contributed by atoms with Gasteiger partial charge in [0.15, 0.2) is 5.11 Å². The summed E-state index contributed by atoms with van der Waals surface area (Å²) in [6.07, 6.45) is 6.97. The van der Waals surface area contributed by atoms with Crippen LogP contribution in [0.5, 0.6) is 5.75 Å². The molecule has 1 saturated heterocycles. The number of para-hydroxylation sites is 1. The highest BCUT2D eigenvalue weighted by Crippen LogP contribution is 2.44. The number of ether oxygens (including phenoxy) is 1. The molecule has 2 atom stereocenters. The summed E-state index contributed by atoms with van der Waals surface area (Å²) in [6.45, 7) is 4.35. The number of benzene rings is 2. The van der Waals surface area contributed by atoms with Crippen LogP contribution in [0.3, 0.4) is 0 Å². The maximum atomic E-state index is 6.24. The van der Waals surface area contributed by atoms with Gasteiger partial charge < -0.3 is 19.5 Å². The van der Waals surface area contributed by atoms with E-state index >= 15 is 0 Å². The predicted octanol–water partition coefficient (Wildman–Crippen LogP) is 7.75. The Morgan fingerprint density at radius 1 is 0.974 bits per heavy atom. The molecule has 2 aliphatic rings. The molecule has 0 spiro atoms. The first-order valence-electron chi connectivity index (χ1n) is 13.2. The van der Waals surface area contributed by atoms with Crippen molar-refractivity contribution in [3.05, 3.63) is 106 Å². The van der Waals surface area contributed by atoms with Crippen LogP contribution in [0, 0.1) is 13.8 Å². The van der Waals surface area contributed by atoms with E-state index in [0.29, 0.717) is 11.2 Å². The number of hydrogen-bond acceptors (Lipinski definition) is 3. The summed E-state index contributed by atoms with van der Waals surface area (Å²) < 4.78 is 9.61. The van der Waals surface area contributed by atoms with Gasteiger partial charge in [0.25, 0.3) is 0 Å². The lowest BCUT2D eigenvalue weighted by Crippen LogP contribution is -2.29. The lowest BCUT2D eigenvalue weighted by molar-refractivity contribution is 0.210. The van der Waals surface area contributed by atoms with Gasteiger partial charge >= 0.3 is 0 Å². The van der Waals surface area contributed by atoms with Gasteiger partial charge in [-0.3, -0.25) is 4.98 Å².